The minimum atomic E-state index is 0.0336. The third kappa shape index (κ3) is 5.91. The fourth-order valence-corrected chi connectivity index (χ4v) is 5.71. The lowest BCUT2D eigenvalue weighted by atomic mass is 9.96. The molecule has 41 heavy (non-hydrogen) atoms. The summed E-state index contributed by atoms with van der Waals surface area (Å²) >= 11 is 0. The Morgan fingerprint density at radius 1 is 0.805 bits per heavy atom. The van der Waals surface area contributed by atoms with E-state index in [2.05, 4.69) is 127 Å². The molecule has 208 valence electrons. The van der Waals surface area contributed by atoms with E-state index in [4.69, 9.17) is 14.5 Å². The van der Waals surface area contributed by atoms with Gasteiger partial charge < -0.3 is 19.4 Å². The normalized spacial score (nSPS) is 13.7. The van der Waals surface area contributed by atoms with Gasteiger partial charge in [-0.3, -0.25) is 0 Å². The van der Waals surface area contributed by atoms with E-state index in [9.17, 15) is 0 Å². The van der Waals surface area contributed by atoms with E-state index in [0.717, 1.165) is 60.0 Å². The number of fused-ring (bicyclic) bond motifs is 1. The molecule has 4 aromatic carbocycles. The van der Waals surface area contributed by atoms with Gasteiger partial charge in [-0.2, -0.15) is 0 Å². The number of hydrogen-bond acceptors (Lipinski definition) is 4. The zero-order chi connectivity index (χ0) is 28.0. The van der Waals surface area contributed by atoms with Crippen molar-refractivity contribution in [1.82, 2.24) is 14.9 Å². The van der Waals surface area contributed by atoms with Crippen LogP contribution in [-0.4, -0.2) is 16.3 Å². The Hall–Kier alpha value is -4.35. The van der Waals surface area contributed by atoms with E-state index >= 15 is 0 Å². The van der Waals surface area contributed by atoms with Crippen molar-refractivity contribution in [3.8, 4) is 34.1 Å². The zero-order valence-electron chi connectivity index (χ0n) is 23.8. The van der Waals surface area contributed by atoms with Crippen molar-refractivity contribution < 1.29 is 9.47 Å². The summed E-state index contributed by atoms with van der Waals surface area (Å²) in [6, 6.07) is 38.3. The Labute approximate surface area is 242 Å². The van der Waals surface area contributed by atoms with E-state index in [1.165, 1.54) is 16.8 Å². The Kier molecular flexibility index (Phi) is 8.15. The number of unbranched alkanes of at least 4 members (excludes halogenated alkanes) is 1. The van der Waals surface area contributed by atoms with Crippen LogP contribution in [0.3, 0.4) is 0 Å². The van der Waals surface area contributed by atoms with Crippen molar-refractivity contribution in [3.63, 3.8) is 0 Å². The highest BCUT2D eigenvalue weighted by molar-refractivity contribution is 5.69. The van der Waals surface area contributed by atoms with Crippen LogP contribution >= 0.6 is 0 Å². The van der Waals surface area contributed by atoms with Crippen LogP contribution in [-0.2, 0) is 13.0 Å². The first-order chi connectivity index (χ1) is 20.2. The summed E-state index contributed by atoms with van der Waals surface area (Å²) in [4.78, 5) is 5.32. The van der Waals surface area contributed by atoms with Gasteiger partial charge in [0, 0.05) is 29.8 Å². The molecule has 0 fully saturated rings. The SMILES string of the molecule is CCCCn1c(-c2ccccc2)nc(-c2ccccc2)c1C(C)NC(Cc1ccc2c(c1)OCO2)c1ccccc1. The van der Waals surface area contributed by atoms with E-state index < -0.39 is 0 Å². The first-order valence-electron chi connectivity index (χ1n) is 14.6. The maximum Gasteiger partial charge on any atom is 0.231 e. The fourth-order valence-electron chi connectivity index (χ4n) is 5.71. The summed E-state index contributed by atoms with van der Waals surface area (Å²) in [5.41, 5.74) is 6.98. The van der Waals surface area contributed by atoms with Crippen LogP contribution in [0.2, 0.25) is 0 Å². The van der Waals surface area contributed by atoms with Crippen molar-refractivity contribution in [3.05, 3.63) is 126 Å². The molecule has 0 amide bonds. The van der Waals surface area contributed by atoms with Gasteiger partial charge in [0.25, 0.3) is 0 Å². The van der Waals surface area contributed by atoms with Gasteiger partial charge in [-0.1, -0.05) is 110 Å². The molecule has 2 atom stereocenters. The molecule has 0 bridgehead atoms. The second-order valence-corrected chi connectivity index (χ2v) is 10.6. The largest absolute Gasteiger partial charge is 0.454 e. The van der Waals surface area contributed by atoms with Gasteiger partial charge in [0.2, 0.25) is 6.79 Å². The maximum atomic E-state index is 5.69. The minimum absolute atomic E-state index is 0.0336. The van der Waals surface area contributed by atoms with Crippen LogP contribution in [0.25, 0.3) is 22.6 Å². The quantitative estimate of drug-likeness (QED) is 0.182. The number of nitrogens with zero attached hydrogens (tertiary/aromatic N) is 2. The number of ether oxygens (including phenoxy) is 2. The summed E-state index contributed by atoms with van der Waals surface area (Å²) in [7, 11) is 0. The summed E-state index contributed by atoms with van der Waals surface area (Å²) in [6.45, 7) is 5.72. The van der Waals surface area contributed by atoms with E-state index in [0.29, 0.717) is 0 Å². The fraction of sp³-hybridized carbons (Fsp3) is 0.250. The third-order valence-corrected chi connectivity index (χ3v) is 7.76. The summed E-state index contributed by atoms with van der Waals surface area (Å²) in [6.07, 6.45) is 3.02. The monoisotopic (exact) mass is 543 g/mol. The molecule has 0 radical (unpaired) electrons. The average Bonchev–Trinajstić information content (AvgIpc) is 3.65. The number of benzene rings is 4. The lowest BCUT2D eigenvalue weighted by Crippen LogP contribution is -2.28. The third-order valence-electron chi connectivity index (χ3n) is 7.76. The molecule has 5 aromatic rings. The maximum absolute atomic E-state index is 5.69. The van der Waals surface area contributed by atoms with Gasteiger partial charge in [0.05, 0.1) is 11.4 Å². The van der Waals surface area contributed by atoms with Crippen molar-refractivity contribution in [2.45, 2.75) is 51.7 Å². The second-order valence-electron chi connectivity index (χ2n) is 10.6. The Balaban J connectivity index is 1.41. The molecule has 5 nitrogen and oxygen atoms in total. The number of rotatable bonds is 11. The lowest BCUT2D eigenvalue weighted by molar-refractivity contribution is 0.174. The Morgan fingerprint density at radius 2 is 1.46 bits per heavy atom. The summed E-state index contributed by atoms with van der Waals surface area (Å²) < 4.78 is 13.7. The number of nitrogens with one attached hydrogen (secondary N) is 1. The van der Waals surface area contributed by atoms with E-state index in [1.54, 1.807) is 0 Å². The Morgan fingerprint density at radius 3 is 2.17 bits per heavy atom. The van der Waals surface area contributed by atoms with Crippen molar-refractivity contribution in [1.29, 1.82) is 0 Å². The van der Waals surface area contributed by atoms with Gasteiger partial charge >= 0.3 is 0 Å². The van der Waals surface area contributed by atoms with Crippen LogP contribution in [0.5, 0.6) is 11.5 Å². The molecular formula is C36H37N3O2. The average molecular weight is 544 g/mol. The standard InChI is InChI=1S/C36H37N3O2/c1-3-4-22-39-35(34(29-16-10-6-11-17-29)38-36(39)30-18-12-7-13-19-30)26(2)37-31(28-14-8-5-9-15-28)23-27-20-21-32-33(24-27)41-25-40-32/h5-21,24,26,31,37H,3-4,22-23,25H2,1-2H3. The molecule has 2 unspecified atom stereocenters. The molecule has 1 aromatic heterocycles. The molecule has 0 spiro atoms. The lowest BCUT2D eigenvalue weighted by Gasteiger charge is -2.26. The molecule has 0 aliphatic carbocycles. The highest BCUT2D eigenvalue weighted by Crippen LogP contribution is 2.37. The van der Waals surface area contributed by atoms with Crippen LogP contribution in [0.15, 0.2) is 109 Å². The predicted octanol–water partition coefficient (Wildman–Crippen LogP) is 8.38. The molecule has 5 heteroatoms. The van der Waals surface area contributed by atoms with Crippen LogP contribution < -0.4 is 14.8 Å². The number of hydrogen-bond donors (Lipinski definition) is 1. The Bertz CT molecular complexity index is 1570. The molecule has 1 aliphatic rings. The topological polar surface area (TPSA) is 48.3 Å². The van der Waals surface area contributed by atoms with Gasteiger partial charge in [0.1, 0.15) is 5.82 Å². The van der Waals surface area contributed by atoms with Gasteiger partial charge in [-0.05, 0) is 43.0 Å². The molecule has 1 aliphatic heterocycles. The number of imidazole rings is 1. The summed E-state index contributed by atoms with van der Waals surface area (Å²) in [5.74, 6) is 2.65. The highest BCUT2D eigenvalue weighted by Gasteiger charge is 2.26. The molecule has 1 N–H and O–H groups in total. The molecule has 0 saturated carbocycles. The molecule has 0 saturated heterocycles. The molecule has 2 heterocycles. The first-order valence-corrected chi connectivity index (χ1v) is 14.6. The van der Waals surface area contributed by atoms with Crippen molar-refractivity contribution in [2.75, 3.05) is 6.79 Å². The predicted molar refractivity (Wildman–Crippen MR) is 165 cm³/mol. The minimum Gasteiger partial charge on any atom is -0.454 e. The second kappa shape index (κ2) is 12.4. The van der Waals surface area contributed by atoms with E-state index in [-0.39, 0.29) is 18.9 Å². The van der Waals surface area contributed by atoms with Crippen LogP contribution in [0.1, 0.15) is 55.6 Å². The van der Waals surface area contributed by atoms with Crippen molar-refractivity contribution in [2.24, 2.45) is 0 Å². The zero-order valence-corrected chi connectivity index (χ0v) is 23.8. The smallest absolute Gasteiger partial charge is 0.231 e. The van der Waals surface area contributed by atoms with Crippen LogP contribution in [0.4, 0.5) is 0 Å². The van der Waals surface area contributed by atoms with E-state index in [1.807, 2.05) is 6.07 Å². The van der Waals surface area contributed by atoms with Gasteiger partial charge in [-0.15, -0.1) is 0 Å². The first kappa shape index (κ1) is 26.9. The van der Waals surface area contributed by atoms with Crippen molar-refractivity contribution >= 4 is 0 Å². The van der Waals surface area contributed by atoms with Gasteiger partial charge in [0.15, 0.2) is 11.5 Å². The van der Waals surface area contributed by atoms with Crippen LogP contribution in [0, 0.1) is 0 Å². The van der Waals surface area contributed by atoms with Gasteiger partial charge in [-0.25, -0.2) is 4.98 Å². The number of aromatic nitrogens is 2. The highest BCUT2D eigenvalue weighted by atomic mass is 16.7. The summed E-state index contributed by atoms with van der Waals surface area (Å²) in [5, 5.41) is 4.02. The molecular weight excluding hydrogens is 506 g/mol. The molecule has 6 rings (SSSR count).